The Labute approximate surface area is 123 Å². The van der Waals surface area contributed by atoms with Crippen LogP contribution in [0.1, 0.15) is 17.2 Å². The number of nitro benzene ring substituents is 1. The number of non-ortho nitro benzene ring substituents is 1. The van der Waals surface area contributed by atoms with Gasteiger partial charge in [-0.25, -0.2) is 4.39 Å². The number of nitro groups is 1. The normalized spacial score (nSPS) is 12.2. The fraction of sp³-hybridized carbons (Fsp3) is 0.143. The summed E-state index contributed by atoms with van der Waals surface area (Å²) in [6, 6.07) is 10.1. The Hall–Kier alpha value is -1.79. The summed E-state index contributed by atoms with van der Waals surface area (Å²) >= 11 is 3.17. The largest absolute Gasteiger partial charge is 0.388 e. The van der Waals surface area contributed by atoms with Gasteiger partial charge in [-0.3, -0.25) is 10.1 Å². The number of halogens is 2. The van der Waals surface area contributed by atoms with E-state index in [2.05, 4.69) is 15.9 Å². The molecular weight excluding hydrogens is 329 g/mol. The molecule has 1 unspecified atom stereocenters. The molecule has 104 valence electrons. The summed E-state index contributed by atoms with van der Waals surface area (Å²) < 4.78 is 13.8. The molecule has 1 atom stereocenters. The van der Waals surface area contributed by atoms with Crippen molar-refractivity contribution in [3.05, 3.63) is 74.0 Å². The first kappa shape index (κ1) is 14.6. The lowest BCUT2D eigenvalue weighted by molar-refractivity contribution is -0.384. The molecular formula is C14H11BrFNO3. The molecule has 0 aromatic heterocycles. The van der Waals surface area contributed by atoms with Crippen molar-refractivity contribution in [2.45, 2.75) is 12.5 Å². The highest BCUT2D eigenvalue weighted by Gasteiger charge is 2.12. The highest BCUT2D eigenvalue weighted by atomic mass is 79.9. The summed E-state index contributed by atoms with van der Waals surface area (Å²) in [5.74, 6) is -0.433. The van der Waals surface area contributed by atoms with Crippen LogP contribution in [0.2, 0.25) is 0 Å². The van der Waals surface area contributed by atoms with Crippen LogP contribution in [-0.2, 0) is 6.42 Å². The minimum atomic E-state index is -0.872. The minimum Gasteiger partial charge on any atom is -0.388 e. The average molecular weight is 340 g/mol. The summed E-state index contributed by atoms with van der Waals surface area (Å²) in [6.07, 6.45) is -0.614. The van der Waals surface area contributed by atoms with Crippen molar-refractivity contribution in [1.29, 1.82) is 0 Å². The molecule has 2 aromatic carbocycles. The van der Waals surface area contributed by atoms with E-state index >= 15 is 0 Å². The van der Waals surface area contributed by atoms with Crippen LogP contribution >= 0.6 is 15.9 Å². The van der Waals surface area contributed by atoms with E-state index in [-0.39, 0.29) is 12.1 Å². The van der Waals surface area contributed by atoms with E-state index in [9.17, 15) is 19.6 Å². The summed E-state index contributed by atoms with van der Waals surface area (Å²) in [6.45, 7) is 0. The average Bonchev–Trinajstić information content (AvgIpc) is 2.38. The summed E-state index contributed by atoms with van der Waals surface area (Å²) in [5, 5.41) is 20.6. The first-order valence-corrected chi connectivity index (χ1v) is 6.62. The van der Waals surface area contributed by atoms with Gasteiger partial charge >= 0.3 is 0 Å². The zero-order valence-corrected chi connectivity index (χ0v) is 11.9. The second kappa shape index (κ2) is 6.11. The Bertz CT molecular complexity index is 611. The second-order valence-electron chi connectivity index (χ2n) is 4.35. The Morgan fingerprint density at radius 3 is 2.45 bits per heavy atom. The van der Waals surface area contributed by atoms with Crippen molar-refractivity contribution in [3.63, 3.8) is 0 Å². The third-order valence-corrected chi connectivity index (χ3v) is 3.30. The van der Waals surface area contributed by atoms with Crippen LogP contribution in [0.4, 0.5) is 10.1 Å². The summed E-state index contributed by atoms with van der Waals surface area (Å²) in [7, 11) is 0. The number of aliphatic hydroxyl groups is 1. The Kier molecular flexibility index (Phi) is 4.46. The number of benzene rings is 2. The van der Waals surface area contributed by atoms with Crippen LogP contribution in [0.15, 0.2) is 46.9 Å². The maximum Gasteiger partial charge on any atom is 0.269 e. The Morgan fingerprint density at radius 1 is 1.25 bits per heavy atom. The highest BCUT2D eigenvalue weighted by Crippen LogP contribution is 2.24. The molecule has 0 aliphatic carbocycles. The number of aliphatic hydroxyl groups excluding tert-OH is 1. The molecule has 0 fully saturated rings. The number of nitrogens with zero attached hydrogens (tertiary/aromatic N) is 1. The molecule has 0 radical (unpaired) electrons. The maximum absolute atomic E-state index is 13.3. The second-order valence-corrected chi connectivity index (χ2v) is 5.26. The van der Waals surface area contributed by atoms with Gasteiger partial charge in [-0.15, -0.1) is 0 Å². The van der Waals surface area contributed by atoms with Gasteiger partial charge in [0.2, 0.25) is 0 Å². The van der Waals surface area contributed by atoms with Crippen molar-refractivity contribution < 1.29 is 14.4 Å². The van der Waals surface area contributed by atoms with Gasteiger partial charge in [0, 0.05) is 23.0 Å². The van der Waals surface area contributed by atoms with Crippen molar-refractivity contribution in [1.82, 2.24) is 0 Å². The zero-order valence-electron chi connectivity index (χ0n) is 10.3. The SMILES string of the molecule is O=[N+]([O-])c1ccc(CC(O)c2cc(F)cc(Br)c2)cc1. The first-order chi connectivity index (χ1) is 9.45. The molecule has 2 rings (SSSR count). The lowest BCUT2D eigenvalue weighted by Gasteiger charge is -2.11. The monoisotopic (exact) mass is 339 g/mol. The molecule has 6 heteroatoms. The van der Waals surface area contributed by atoms with E-state index in [0.29, 0.717) is 10.0 Å². The van der Waals surface area contributed by atoms with Gasteiger partial charge in [0.1, 0.15) is 5.82 Å². The molecule has 0 saturated carbocycles. The van der Waals surface area contributed by atoms with E-state index in [1.807, 2.05) is 0 Å². The van der Waals surface area contributed by atoms with Gasteiger partial charge in [0.05, 0.1) is 11.0 Å². The molecule has 20 heavy (non-hydrogen) atoms. The number of rotatable bonds is 4. The lowest BCUT2D eigenvalue weighted by Crippen LogP contribution is -2.02. The van der Waals surface area contributed by atoms with Gasteiger partial charge < -0.3 is 5.11 Å². The van der Waals surface area contributed by atoms with Crippen LogP contribution in [0.3, 0.4) is 0 Å². The quantitative estimate of drug-likeness (QED) is 0.681. The molecule has 0 amide bonds. The van der Waals surface area contributed by atoms with Crippen LogP contribution in [0.5, 0.6) is 0 Å². The van der Waals surface area contributed by atoms with Crippen LogP contribution in [0, 0.1) is 15.9 Å². The maximum atomic E-state index is 13.3. The Balaban J connectivity index is 2.14. The molecule has 4 nitrogen and oxygen atoms in total. The highest BCUT2D eigenvalue weighted by molar-refractivity contribution is 9.10. The van der Waals surface area contributed by atoms with E-state index in [0.717, 1.165) is 5.56 Å². The molecule has 0 bridgehead atoms. The molecule has 2 aromatic rings. The number of hydrogen-bond acceptors (Lipinski definition) is 3. The predicted molar refractivity (Wildman–Crippen MR) is 75.9 cm³/mol. The Morgan fingerprint density at radius 2 is 1.90 bits per heavy atom. The molecule has 0 aliphatic rings. The van der Waals surface area contributed by atoms with Gasteiger partial charge in [0.15, 0.2) is 0 Å². The fourth-order valence-corrected chi connectivity index (χ4v) is 2.35. The third kappa shape index (κ3) is 3.61. The van der Waals surface area contributed by atoms with Crippen molar-refractivity contribution in [2.75, 3.05) is 0 Å². The standard InChI is InChI=1S/C14H11BrFNO3/c15-11-6-10(7-12(16)8-11)14(18)5-9-1-3-13(4-2-9)17(19)20/h1-4,6-8,14,18H,5H2. The molecule has 0 spiro atoms. The predicted octanol–water partition coefficient (Wildman–Crippen LogP) is 3.77. The lowest BCUT2D eigenvalue weighted by atomic mass is 10.0. The first-order valence-electron chi connectivity index (χ1n) is 5.83. The zero-order chi connectivity index (χ0) is 14.7. The van der Waals surface area contributed by atoms with Gasteiger partial charge in [-0.2, -0.15) is 0 Å². The molecule has 0 saturated heterocycles. The molecule has 0 aliphatic heterocycles. The van der Waals surface area contributed by atoms with Crippen LogP contribution in [0.25, 0.3) is 0 Å². The van der Waals surface area contributed by atoms with Crippen LogP contribution in [-0.4, -0.2) is 10.0 Å². The van der Waals surface area contributed by atoms with Gasteiger partial charge in [-0.1, -0.05) is 28.1 Å². The molecule has 1 N–H and O–H groups in total. The fourth-order valence-electron chi connectivity index (χ4n) is 1.86. The van der Waals surface area contributed by atoms with E-state index in [1.54, 1.807) is 18.2 Å². The molecule has 0 heterocycles. The van der Waals surface area contributed by atoms with Crippen LogP contribution < -0.4 is 0 Å². The van der Waals surface area contributed by atoms with Crippen molar-refractivity contribution in [3.8, 4) is 0 Å². The van der Waals surface area contributed by atoms with Crippen molar-refractivity contribution in [2.24, 2.45) is 0 Å². The minimum absolute atomic E-state index is 0.00302. The van der Waals surface area contributed by atoms with E-state index < -0.39 is 16.8 Å². The summed E-state index contributed by atoms with van der Waals surface area (Å²) in [4.78, 5) is 10.1. The van der Waals surface area contributed by atoms with Gasteiger partial charge in [0.25, 0.3) is 5.69 Å². The van der Waals surface area contributed by atoms with Gasteiger partial charge in [-0.05, 0) is 29.3 Å². The van der Waals surface area contributed by atoms with Crippen molar-refractivity contribution >= 4 is 21.6 Å². The summed E-state index contributed by atoms with van der Waals surface area (Å²) in [5.41, 5.74) is 1.19. The number of hydrogen-bond donors (Lipinski definition) is 1. The van der Waals surface area contributed by atoms with E-state index in [1.165, 1.54) is 24.3 Å². The topological polar surface area (TPSA) is 63.4 Å². The third-order valence-electron chi connectivity index (χ3n) is 2.85. The smallest absolute Gasteiger partial charge is 0.269 e. The van der Waals surface area contributed by atoms with E-state index in [4.69, 9.17) is 0 Å².